The maximum Gasteiger partial charge on any atom is 0.107 e. The van der Waals surface area contributed by atoms with Crippen molar-refractivity contribution < 1.29 is 0 Å². The fourth-order valence-electron chi connectivity index (χ4n) is 3.23. The molecule has 4 rings (SSSR count). The largest absolute Gasteiger partial charge is 0.302 e. The third-order valence-electron chi connectivity index (χ3n) is 4.47. The van der Waals surface area contributed by atoms with Gasteiger partial charge in [0.25, 0.3) is 0 Å². The zero-order valence-electron chi connectivity index (χ0n) is 13.6. The van der Waals surface area contributed by atoms with Crippen LogP contribution in [0.15, 0.2) is 41.8 Å². The van der Waals surface area contributed by atoms with Crippen LogP contribution in [-0.2, 0) is 19.4 Å². The lowest BCUT2D eigenvalue weighted by Gasteiger charge is -2.23. The monoisotopic (exact) mass is 334 g/mol. The summed E-state index contributed by atoms with van der Waals surface area (Å²) in [5.41, 5.74) is 5.87. The van der Waals surface area contributed by atoms with Crippen molar-refractivity contribution in [3.8, 4) is 22.3 Å². The Kier molecular flexibility index (Phi) is 3.93. The lowest BCUT2D eigenvalue weighted by molar-refractivity contribution is 0.310. The van der Waals surface area contributed by atoms with Crippen LogP contribution in [0.3, 0.4) is 0 Å². The molecule has 0 fully saturated rings. The Morgan fingerprint density at radius 2 is 2.08 bits per heavy atom. The molecule has 2 aromatic heterocycles. The van der Waals surface area contributed by atoms with E-state index in [1.54, 1.807) is 11.3 Å². The number of thiophene rings is 1. The van der Waals surface area contributed by atoms with E-state index >= 15 is 0 Å². The zero-order valence-corrected chi connectivity index (χ0v) is 14.4. The molecule has 0 saturated carbocycles. The molecule has 0 aliphatic carbocycles. The molecule has 120 valence electrons. The van der Waals surface area contributed by atoms with E-state index in [2.05, 4.69) is 52.3 Å². The van der Waals surface area contributed by atoms with Crippen molar-refractivity contribution >= 4 is 11.3 Å². The van der Waals surface area contributed by atoms with E-state index < -0.39 is 0 Å². The van der Waals surface area contributed by atoms with Crippen LogP contribution in [0.5, 0.6) is 0 Å². The second-order valence-electron chi connectivity index (χ2n) is 6.15. The third kappa shape index (κ3) is 2.64. The summed E-state index contributed by atoms with van der Waals surface area (Å²) in [6, 6.07) is 14.6. The molecule has 1 aliphatic rings. The van der Waals surface area contributed by atoms with Gasteiger partial charge in [-0.2, -0.15) is 10.4 Å². The van der Waals surface area contributed by atoms with Crippen molar-refractivity contribution in [2.75, 3.05) is 13.6 Å². The van der Waals surface area contributed by atoms with Crippen LogP contribution in [0.4, 0.5) is 0 Å². The number of fused-ring (bicyclic) bond motifs is 1. The fraction of sp³-hybridized carbons (Fsp3) is 0.263. The van der Waals surface area contributed by atoms with Gasteiger partial charge in [-0.1, -0.05) is 18.2 Å². The Morgan fingerprint density at radius 1 is 1.25 bits per heavy atom. The SMILES string of the molecule is CN1CCc2c(c(-c3cccs3)nn2-c2ccc(CC#N)cc2)C1. The van der Waals surface area contributed by atoms with Gasteiger partial charge in [-0.3, -0.25) is 0 Å². The zero-order chi connectivity index (χ0) is 16.5. The third-order valence-corrected chi connectivity index (χ3v) is 5.34. The van der Waals surface area contributed by atoms with Gasteiger partial charge in [0, 0.05) is 25.1 Å². The highest BCUT2D eigenvalue weighted by molar-refractivity contribution is 7.13. The van der Waals surface area contributed by atoms with Crippen LogP contribution in [-0.4, -0.2) is 28.3 Å². The number of benzene rings is 1. The first-order valence-corrected chi connectivity index (χ1v) is 8.93. The van der Waals surface area contributed by atoms with Gasteiger partial charge in [-0.05, 0) is 36.2 Å². The molecular weight excluding hydrogens is 316 g/mol. The molecule has 1 aliphatic heterocycles. The maximum atomic E-state index is 8.83. The van der Waals surface area contributed by atoms with Crippen LogP contribution >= 0.6 is 11.3 Å². The van der Waals surface area contributed by atoms with Crippen molar-refractivity contribution in [2.24, 2.45) is 0 Å². The molecule has 3 aromatic rings. The first-order valence-electron chi connectivity index (χ1n) is 8.05. The molecule has 3 heterocycles. The Labute approximate surface area is 145 Å². The Hall–Kier alpha value is -2.42. The smallest absolute Gasteiger partial charge is 0.107 e. The molecule has 4 nitrogen and oxygen atoms in total. The van der Waals surface area contributed by atoms with Crippen LogP contribution in [0.1, 0.15) is 16.8 Å². The highest BCUT2D eigenvalue weighted by Crippen LogP contribution is 2.33. The molecular formula is C19H18N4S. The predicted molar refractivity (Wildman–Crippen MR) is 96.2 cm³/mol. The predicted octanol–water partition coefficient (Wildman–Crippen LogP) is 3.65. The van der Waals surface area contributed by atoms with Crippen LogP contribution in [0, 0.1) is 11.3 Å². The number of aromatic nitrogens is 2. The first kappa shape index (κ1) is 15.1. The minimum Gasteiger partial charge on any atom is -0.302 e. The molecule has 0 saturated heterocycles. The lowest BCUT2D eigenvalue weighted by atomic mass is 10.0. The maximum absolute atomic E-state index is 8.83. The number of hydrogen-bond acceptors (Lipinski definition) is 4. The van der Waals surface area contributed by atoms with Crippen molar-refractivity contribution in [2.45, 2.75) is 19.4 Å². The molecule has 5 heteroatoms. The van der Waals surface area contributed by atoms with E-state index in [0.717, 1.165) is 36.5 Å². The molecule has 1 aromatic carbocycles. The van der Waals surface area contributed by atoms with Gasteiger partial charge in [0.15, 0.2) is 0 Å². The van der Waals surface area contributed by atoms with Crippen LogP contribution in [0.25, 0.3) is 16.3 Å². The van der Waals surface area contributed by atoms with Crippen molar-refractivity contribution in [3.05, 3.63) is 58.6 Å². The van der Waals surface area contributed by atoms with Crippen molar-refractivity contribution in [1.82, 2.24) is 14.7 Å². The highest BCUT2D eigenvalue weighted by atomic mass is 32.1. The van der Waals surface area contributed by atoms with Crippen LogP contribution in [0.2, 0.25) is 0 Å². The summed E-state index contributed by atoms with van der Waals surface area (Å²) in [4.78, 5) is 3.57. The standard InChI is InChI=1S/C19H18N4S/c1-22-11-9-17-16(13-22)19(18-3-2-12-24-18)21-23(17)15-6-4-14(5-7-15)8-10-20/h2-7,12H,8-9,11,13H2,1H3. The summed E-state index contributed by atoms with van der Waals surface area (Å²) in [5, 5.41) is 15.9. The summed E-state index contributed by atoms with van der Waals surface area (Å²) in [6.45, 7) is 1.99. The number of nitriles is 1. The van der Waals surface area contributed by atoms with E-state index in [4.69, 9.17) is 10.4 Å². The summed E-state index contributed by atoms with van der Waals surface area (Å²) < 4.78 is 2.09. The fourth-order valence-corrected chi connectivity index (χ4v) is 3.96. The van der Waals surface area contributed by atoms with Gasteiger partial charge in [-0.25, -0.2) is 4.68 Å². The second-order valence-corrected chi connectivity index (χ2v) is 7.10. The quantitative estimate of drug-likeness (QED) is 0.734. The molecule has 0 N–H and O–H groups in total. The molecule has 0 atom stereocenters. The normalized spacial score (nSPS) is 14.3. The van der Waals surface area contributed by atoms with Gasteiger partial charge in [0.2, 0.25) is 0 Å². The lowest BCUT2D eigenvalue weighted by Crippen LogP contribution is -2.27. The number of likely N-dealkylation sites (N-methyl/N-ethyl adjacent to an activating group) is 1. The average Bonchev–Trinajstić information content (AvgIpc) is 3.23. The van der Waals surface area contributed by atoms with Crippen molar-refractivity contribution in [1.29, 1.82) is 5.26 Å². The van der Waals surface area contributed by atoms with E-state index in [0.29, 0.717) is 6.42 Å². The van der Waals surface area contributed by atoms with E-state index in [1.807, 2.05) is 12.1 Å². The van der Waals surface area contributed by atoms with Gasteiger partial charge in [0.05, 0.1) is 28.7 Å². The van der Waals surface area contributed by atoms with Gasteiger partial charge in [-0.15, -0.1) is 11.3 Å². The molecule has 24 heavy (non-hydrogen) atoms. The summed E-state index contributed by atoms with van der Waals surface area (Å²) in [5.74, 6) is 0. The Bertz CT molecular complexity index is 885. The van der Waals surface area contributed by atoms with Crippen LogP contribution < -0.4 is 0 Å². The average molecular weight is 334 g/mol. The summed E-state index contributed by atoms with van der Waals surface area (Å²) in [6.07, 6.45) is 1.45. The Balaban J connectivity index is 1.81. The molecule has 0 amide bonds. The van der Waals surface area contributed by atoms with Crippen molar-refractivity contribution in [3.63, 3.8) is 0 Å². The number of rotatable bonds is 3. The van der Waals surface area contributed by atoms with E-state index in [1.165, 1.54) is 16.1 Å². The van der Waals surface area contributed by atoms with E-state index in [9.17, 15) is 0 Å². The Morgan fingerprint density at radius 3 is 2.79 bits per heavy atom. The van der Waals surface area contributed by atoms with Gasteiger partial charge in [0.1, 0.15) is 5.69 Å². The molecule has 0 spiro atoms. The second kappa shape index (κ2) is 6.23. The number of hydrogen-bond donors (Lipinski definition) is 0. The first-order chi connectivity index (χ1) is 11.8. The summed E-state index contributed by atoms with van der Waals surface area (Å²) in [7, 11) is 2.16. The topological polar surface area (TPSA) is 44.9 Å². The van der Waals surface area contributed by atoms with Gasteiger partial charge >= 0.3 is 0 Å². The van der Waals surface area contributed by atoms with Gasteiger partial charge < -0.3 is 4.90 Å². The molecule has 0 unspecified atom stereocenters. The molecule has 0 radical (unpaired) electrons. The minimum atomic E-state index is 0.447. The number of nitrogens with zero attached hydrogens (tertiary/aromatic N) is 4. The molecule has 0 bridgehead atoms. The highest BCUT2D eigenvalue weighted by Gasteiger charge is 2.25. The minimum absolute atomic E-state index is 0.447. The van der Waals surface area contributed by atoms with E-state index in [-0.39, 0.29) is 0 Å². The summed E-state index contributed by atoms with van der Waals surface area (Å²) >= 11 is 1.74.